The zero-order valence-corrected chi connectivity index (χ0v) is 17.3. The summed E-state index contributed by atoms with van der Waals surface area (Å²) in [7, 11) is 1.73. The Balaban J connectivity index is 1.62. The average molecular weight is 417 g/mol. The van der Waals surface area contributed by atoms with Crippen LogP contribution >= 0.6 is 23.2 Å². The van der Waals surface area contributed by atoms with Gasteiger partial charge in [0.15, 0.2) is 0 Å². The number of carbonyl (C=O) groups excluding carboxylic acids is 2. The van der Waals surface area contributed by atoms with E-state index in [0.717, 1.165) is 24.0 Å². The lowest BCUT2D eigenvalue weighted by Gasteiger charge is -2.25. The molecule has 1 N–H and O–H groups in total. The number of nitrogens with one attached hydrogen (secondary N) is 1. The van der Waals surface area contributed by atoms with Crippen LogP contribution in [0, 0.1) is 0 Å². The first-order valence-electron chi connectivity index (χ1n) is 9.16. The van der Waals surface area contributed by atoms with Gasteiger partial charge in [0.25, 0.3) is 5.91 Å². The Morgan fingerprint density at radius 1 is 1.14 bits per heavy atom. The van der Waals surface area contributed by atoms with E-state index >= 15 is 0 Å². The summed E-state index contributed by atoms with van der Waals surface area (Å²) in [5.74, 6) is -0.198. The molecule has 2 amide bonds. The molecule has 1 unspecified atom stereocenters. The Morgan fingerprint density at radius 3 is 2.43 bits per heavy atom. The normalized spacial score (nSPS) is 14.7. The Hall–Kier alpha value is -2.30. The van der Waals surface area contributed by atoms with Crippen molar-refractivity contribution in [2.45, 2.75) is 31.8 Å². The first kappa shape index (κ1) is 20.4. The largest absolute Gasteiger partial charge is 0.349 e. The van der Waals surface area contributed by atoms with Gasteiger partial charge in [-0.2, -0.15) is 0 Å². The number of likely N-dealkylation sites (N-methyl/N-ethyl adjacent to an activating group) is 1. The number of rotatable bonds is 6. The fourth-order valence-electron chi connectivity index (χ4n) is 2.77. The second-order valence-corrected chi connectivity index (χ2v) is 7.84. The lowest BCUT2D eigenvalue weighted by molar-refractivity contribution is -0.126. The molecule has 3 rings (SSSR count). The Morgan fingerprint density at radius 2 is 1.82 bits per heavy atom. The SMILES string of the molecule is CC(c1ccc(Cl)cc1Cl)N(C)C(=O)/C=C/c1ccc(C(=O)NC2CC2)cc1. The van der Waals surface area contributed by atoms with Crippen molar-refractivity contribution in [3.05, 3.63) is 75.3 Å². The van der Waals surface area contributed by atoms with Crippen LogP contribution in [0.15, 0.2) is 48.5 Å². The zero-order chi connectivity index (χ0) is 20.3. The minimum atomic E-state index is -0.199. The predicted octanol–water partition coefficient (Wildman–Crippen LogP) is 5.12. The Labute approximate surface area is 175 Å². The lowest BCUT2D eigenvalue weighted by Crippen LogP contribution is -2.28. The summed E-state index contributed by atoms with van der Waals surface area (Å²) in [6.07, 6.45) is 5.36. The second kappa shape index (κ2) is 8.80. The highest BCUT2D eigenvalue weighted by molar-refractivity contribution is 6.35. The molecule has 1 aliphatic rings. The summed E-state index contributed by atoms with van der Waals surface area (Å²) in [6, 6.07) is 12.6. The molecule has 6 heteroatoms. The summed E-state index contributed by atoms with van der Waals surface area (Å²) in [6.45, 7) is 1.91. The third-order valence-corrected chi connectivity index (χ3v) is 5.41. The lowest BCUT2D eigenvalue weighted by atomic mass is 10.1. The van der Waals surface area contributed by atoms with E-state index in [1.807, 2.05) is 25.1 Å². The predicted molar refractivity (Wildman–Crippen MR) is 114 cm³/mol. The highest BCUT2D eigenvalue weighted by Crippen LogP contribution is 2.29. The minimum absolute atomic E-state index is 0.0532. The zero-order valence-electron chi connectivity index (χ0n) is 15.8. The molecule has 146 valence electrons. The summed E-state index contributed by atoms with van der Waals surface area (Å²) in [5.41, 5.74) is 2.31. The second-order valence-electron chi connectivity index (χ2n) is 6.99. The molecule has 0 aliphatic heterocycles. The molecule has 1 fully saturated rings. The fraction of sp³-hybridized carbons (Fsp3) is 0.273. The number of hydrogen-bond acceptors (Lipinski definition) is 2. The molecule has 4 nitrogen and oxygen atoms in total. The van der Waals surface area contributed by atoms with E-state index in [1.54, 1.807) is 42.3 Å². The molecule has 0 heterocycles. The van der Waals surface area contributed by atoms with Gasteiger partial charge in [0.2, 0.25) is 5.91 Å². The van der Waals surface area contributed by atoms with Gasteiger partial charge in [-0.05, 0) is 61.2 Å². The first-order chi connectivity index (χ1) is 13.3. The maximum Gasteiger partial charge on any atom is 0.251 e. The van der Waals surface area contributed by atoms with Gasteiger partial charge in [-0.1, -0.05) is 41.4 Å². The van der Waals surface area contributed by atoms with Crippen molar-refractivity contribution in [2.75, 3.05) is 7.05 Å². The monoisotopic (exact) mass is 416 g/mol. The number of benzene rings is 2. The molecular weight excluding hydrogens is 395 g/mol. The number of carbonyl (C=O) groups is 2. The fourth-order valence-corrected chi connectivity index (χ4v) is 3.33. The van der Waals surface area contributed by atoms with Gasteiger partial charge in [-0.15, -0.1) is 0 Å². The molecule has 0 saturated heterocycles. The van der Waals surface area contributed by atoms with Crippen LogP contribution in [0.4, 0.5) is 0 Å². The van der Waals surface area contributed by atoms with Crippen molar-refractivity contribution in [3.63, 3.8) is 0 Å². The summed E-state index contributed by atoms with van der Waals surface area (Å²) < 4.78 is 0. The molecular formula is C22H22Cl2N2O2. The van der Waals surface area contributed by atoms with E-state index in [4.69, 9.17) is 23.2 Å². The maximum absolute atomic E-state index is 12.5. The van der Waals surface area contributed by atoms with Crippen molar-refractivity contribution in [1.82, 2.24) is 10.2 Å². The van der Waals surface area contributed by atoms with E-state index in [9.17, 15) is 9.59 Å². The van der Waals surface area contributed by atoms with Crippen molar-refractivity contribution in [3.8, 4) is 0 Å². The molecule has 0 bridgehead atoms. The maximum atomic E-state index is 12.5. The molecule has 2 aromatic carbocycles. The van der Waals surface area contributed by atoms with Crippen LogP contribution in [-0.2, 0) is 4.79 Å². The van der Waals surface area contributed by atoms with E-state index < -0.39 is 0 Å². The number of amides is 2. The molecule has 0 aromatic heterocycles. The van der Waals surface area contributed by atoms with Gasteiger partial charge < -0.3 is 10.2 Å². The third-order valence-electron chi connectivity index (χ3n) is 4.84. The standard InChI is InChI=1S/C22H22Cl2N2O2/c1-14(19-11-8-17(23)13-20(19)24)26(2)21(27)12-5-15-3-6-16(7-4-15)22(28)25-18-9-10-18/h3-8,11-14,18H,9-10H2,1-2H3,(H,25,28)/b12-5+. The van der Waals surface area contributed by atoms with Crippen molar-refractivity contribution in [1.29, 1.82) is 0 Å². The van der Waals surface area contributed by atoms with E-state index in [2.05, 4.69) is 5.32 Å². The van der Waals surface area contributed by atoms with Crippen molar-refractivity contribution >= 4 is 41.1 Å². The van der Waals surface area contributed by atoms with Crippen LogP contribution in [0.5, 0.6) is 0 Å². The third kappa shape index (κ3) is 5.15. The van der Waals surface area contributed by atoms with Gasteiger partial charge in [0.1, 0.15) is 0 Å². The van der Waals surface area contributed by atoms with Gasteiger partial charge in [0, 0.05) is 34.8 Å². The van der Waals surface area contributed by atoms with Gasteiger partial charge >= 0.3 is 0 Å². The van der Waals surface area contributed by atoms with Crippen LogP contribution < -0.4 is 5.32 Å². The van der Waals surface area contributed by atoms with Crippen LogP contribution in [-0.4, -0.2) is 29.8 Å². The average Bonchev–Trinajstić information content (AvgIpc) is 3.49. The topological polar surface area (TPSA) is 49.4 Å². The van der Waals surface area contributed by atoms with E-state index in [0.29, 0.717) is 21.7 Å². The highest BCUT2D eigenvalue weighted by atomic mass is 35.5. The molecule has 28 heavy (non-hydrogen) atoms. The number of hydrogen-bond donors (Lipinski definition) is 1. The highest BCUT2D eigenvalue weighted by Gasteiger charge is 2.23. The number of halogens is 2. The van der Waals surface area contributed by atoms with E-state index in [1.165, 1.54) is 6.08 Å². The van der Waals surface area contributed by atoms with Crippen LogP contribution in [0.1, 0.15) is 47.3 Å². The Kier molecular flexibility index (Phi) is 6.42. The first-order valence-corrected chi connectivity index (χ1v) is 9.91. The summed E-state index contributed by atoms with van der Waals surface area (Å²) in [4.78, 5) is 26.1. The van der Waals surface area contributed by atoms with Crippen LogP contribution in [0.2, 0.25) is 10.0 Å². The van der Waals surface area contributed by atoms with Crippen molar-refractivity contribution in [2.24, 2.45) is 0 Å². The van der Waals surface area contributed by atoms with Gasteiger partial charge in [0.05, 0.1) is 6.04 Å². The minimum Gasteiger partial charge on any atom is -0.349 e. The summed E-state index contributed by atoms with van der Waals surface area (Å²) in [5, 5.41) is 4.04. The van der Waals surface area contributed by atoms with E-state index in [-0.39, 0.29) is 17.9 Å². The molecule has 2 aromatic rings. The van der Waals surface area contributed by atoms with Gasteiger partial charge in [-0.25, -0.2) is 0 Å². The van der Waals surface area contributed by atoms with Crippen LogP contribution in [0.3, 0.4) is 0 Å². The molecule has 0 spiro atoms. The summed E-state index contributed by atoms with van der Waals surface area (Å²) >= 11 is 12.2. The van der Waals surface area contributed by atoms with Crippen molar-refractivity contribution < 1.29 is 9.59 Å². The van der Waals surface area contributed by atoms with Gasteiger partial charge in [-0.3, -0.25) is 9.59 Å². The molecule has 1 saturated carbocycles. The van der Waals surface area contributed by atoms with Crippen LogP contribution in [0.25, 0.3) is 6.08 Å². The smallest absolute Gasteiger partial charge is 0.251 e. The number of nitrogens with zero attached hydrogens (tertiary/aromatic N) is 1. The molecule has 1 aliphatic carbocycles. The molecule has 0 radical (unpaired) electrons. The molecule has 1 atom stereocenters. The quantitative estimate of drug-likeness (QED) is 0.664. The Bertz CT molecular complexity index is 905.